The number of aliphatic hydroxyl groups excluding tert-OH is 1. The lowest BCUT2D eigenvalue weighted by molar-refractivity contribution is 0.157. The number of nitrogens with one attached hydrogen (secondary N) is 1. The van der Waals surface area contributed by atoms with Crippen LogP contribution in [0.5, 0.6) is 0 Å². The number of aromatic nitrogens is 2. The van der Waals surface area contributed by atoms with Crippen LogP contribution in [0.2, 0.25) is 0 Å². The molecule has 0 spiro atoms. The van der Waals surface area contributed by atoms with Crippen LogP contribution in [-0.4, -0.2) is 27.5 Å². The fourth-order valence-electron chi connectivity index (χ4n) is 1.71. The highest BCUT2D eigenvalue weighted by Gasteiger charge is 2.02. The highest BCUT2D eigenvalue weighted by molar-refractivity contribution is 5.14. The van der Waals surface area contributed by atoms with E-state index in [0.717, 1.165) is 38.0 Å². The van der Waals surface area contributed by atoms with E-state index in [1.54, 1.807) is 0 Å². The van der Waals surface area contributed by atoms with Gasteiger partial charge in [-0.05, 0) is 32.7 Å². The Morgan fingerprint density at radius 3 is 2.88 bits per heavy atom. The molecular weight excluding hydrogens is 202 g/mol. The van der Waals surface area contributed by atoms with Crippen molar-refractivity contribution in [1.82, 2.24) is 15.1 Å². The molecule has 1 rings (SSSR count). The summed E-state index contributed by atoms with van der Waals surface area (Å²) >= 11 is 0. The van der Waals surface area contributed by atoms with Gasteiger partial charge in [0.25, 0.3) is 0 Å². The van der Waals surface area contributed by atoms with Gasteiger partial charge in [0, 0.05) is 25.4 Å². The Bertz CT molecular complexity index is 309. The first kappa shape index (κ1) is 13.2. The van der Waals surface area contributed by atoms with Crippen molar-refractivity contribution < 1.29 is 5.11 Å². The van der Waals surface area contributed by atoms with E-state index in [1.165, 1.54) is 5.56 Å². The minimum atomic E-state index is -0.137. The molecule has 1 aromatic heterocycles. The van der Waals surface area contributed by atoms with Gasteiger partial charge >= 0.3 is 0 Å². The average molecular weight is 225 g/mol. The molecule has 0 amide bonds. The van der Waals surface area contributed by atoms with Crippen molar-refractivity contribution in [1.29, 1.82) is 0 Å². The van der Waals surface area contributed by atoms with Crippen LogP contribution in [0.3, 0.4) is 0 Å². The van der Waals surface area contributed by atoms with Crippen LogP contribution in [0.25, 0.3) is 0 Å². The lowest BCUT2D eigenvalue weighted by Gasteiger charge is -2.07. The van der Waals surface area contributed by atoms with Crippen molar-refractivity contribution in [3.8, 4) is 0 Å². The normalized spacial score (nSPS) is 13.0. The van der Waals surface area contributed by atoms with Crippen molar-refractivity contribution in [3.63, 3.8) is 0 Å². The molecule has 1 heterocycles. The van der Waals surface area contributed by atoms with Gasteiger partial charge in [-0.25, -0.2) is 0 Å². The molecule has 0 bridgehead atoms. The number of aliphatic hydroxyl groups is 1. The van der Waals surface area contributed by atoms with Gasteiger partial charge in [0.1, 0.15) is 0 Å². The third-order valence-corrected chi connectivity index (χ3v) is 2.79. The molecule has 0 aliphatic heterocycles. The SMILES string of the molecule is CCC(O)CCCNCc1cn(C)nc1C. The van der Waals surface area contributed by atoms with Gasteiger partial charge in [0.2, 0.25) is 0 Å². The molecule has 0 aliphatic carbocycles. The van der Waals surface area contributed by atoms with Gasteiger partial charge in [-0.15, -0.1) is 0 Å². The quantitative estimate of drug-likeness (QED) is 0.689. The molecule has 1 aromatic rings. The summed E-state index contributed by atoms with van der Waals surface area (Å²) < 4.78 is 1.84. The Hall–Kier alpha value is -0.870. The summed E-state index contributed by atoms with van der Waals surface area (Å²) in [5.74, 6) is 0. The van der Waals surface area contributed by atoms with Crippen molar-refractivity contribution in [2.45, 2.75) is 45.8 Å². The third kappa shape index (κ3) is 4.33. The summed E-state index contributed by atoms with van der Waals surface area (Å²) in [5, 5.41) is 17.0. The Morgan fingerprint density at radius 2 is 2.31 bits per heavy atom. The standard InChI is InChI=1S/C12H23N3O/c1-4-12(16)6-5-7-13-8-11-9-15(3)14-10(11)2/h9,12-13,16H,4-8H2,1-3H3. The highest BCUT2D eigenvalue weighted by Crippen LogP contribution is 2.04. The van der Waals surface area contributed by atoms with E-state index >= 15 is 0 Å². The summed E-state index contributed by atoms with van der Waals surface area (Å²) in [6.07, 6.45) is 4.66. The second-order valence-corrected chi connectivity index (χ2v) is 4.29. The minimum Gasteiger partial charge on any atom is -0.393 e. The molecule has 92 valence electrons. The second kappa shape index (κ2) is 6.66. The number of aryl methyl sites for hydroxylation is 2. The van der Waals surface area contributed by atoms with Crippen LogP contribution < -0.4 is 5.32 Å². The molecule has 1 atom stereocenters. The number of nitrogens with zero attached hydrogens (tertiary/aromatic N) is 2. The maximum Gasteiger partial charge on any atom is 0.0638 e. The van der Waals surface area contributed by atoms with E-state index in [9.17, 15) is 5.11 Å². The molecule has 4 nitrogen and oxygen atoms in total. The molecule has 16 heavy (non-hydrogen) atoms. The van der Waals surface area contributed by atoms with E-state index in [0.29, 0.717) is 0 Å². The van der Waals surface area contributed by atoms with E-state index in [1.807, 2.05) is 31.8 Å². The molecule has 1 unspecified atom stereocenters. The smallest absolute Gasteiger partial charge is 0.0638 e. The maximum absolute atomic E-state index is 9.38. The van der Waals surface area contributed by atoms with Crippen LogP contribution in [0.4, 0.5) is 0 Å². The van der Waals surface area contributed by atoms with E-state index in [-0.39, 0.29) is 6.10 Å². The summed E-state index contributed by atoms with van der Waals surface area (Å²) in [6.45, 7) is 5.85. The predicted octanol–water partition coefficient (Wildman–Crippen LogP) is 1.37. The molecule has 0 saturated heterocycles. The molecule has 0 radical (unpaired) electrons. The Morgan fingerprint density at radius 1 is 1.56 bits per heavy atom. The Balaban J connectivity index is 2.14. The fourth-order valence-corrected chi connectivity index (χ4v) is 1.71. The van der Waals surface area contributed by atoms with Gasteiger partial charge in [0.05, 0.1) is 11.8 Å². The largest absolute Gasteiger partial charge is 0.393 e. The van der Waals surface area contributed by atoms with Crippen molar-refractivity contribution in [2.75, 3.05) is 6.54 Å². The van der Waals surface area contributed by atoms with Crippen LogP contribution in [-0.2, 0) is 13.6 Å². The van der Waals surface area contributed by atoms with Crippen LogP contribution in [0, 0.1) is 6.92 Å². The molecule has 0 saturated carbocycles. The van der Waals surface area contributed by atoms with Crippen molar-refractivity contribution in [3.05, 3.63) is 17.5 Å². The monoisotopic (exact) mass is 225 g/mol. The molecule has 0 fully saturated rings. The first-order valence-corrected chi connectivity index (χ1v) is 6.01. The molecule has 2 N–H and O–H groups in total. The lowest BCUT2D eigenvalue weighted by Crippen LogP contribution is -2.17. The molecule has 4 heteroatoms. The van der Waals surface area contributed by atoms with Gasteiger partial charge in [0.15, 0.2) is 0 Å². The van der Waals surface area contributed by atoms with Gasteiger partial charge in [-0.3, -0.25) is 4.68 Å². The summed E-state index contributed by atoms with van der Waals surface area (Å²) in [7, 11) is 1.94. The minimum absolute atomic E-state index is 0.137. The number of hydrogen-bond acceptors (Lipinski definition) is 3. The predicted molar refractivity (Wildman–Crippen MR) is 65.2 cm³/mol. The van der Waals surface area contributed by atoms with E-state index in [2.05, 4.69) is 10.4 Å². The first-order chi connectivity index (χ1) is 7.63. The maximum atomic E-state index is 9.38. The molecular formula is C12H23N3O. The molecule has 0 aromatic carbocycles. The Kier molecular flexibility index (Phi) is 5.49. The number of rotatable bonds is 7. The van der Waals surface area contributed by atoms with Gasteiger partial charge in [-0.1, -0.05) is 6.92 Å². The lowest BCUT2D eigenvalue weighted by atomic mass is 10.1. The zero-order chi connectivity index (χ0) is 12.0. The first-order valence-electron chi connectivity index (χ1n) is 6.01. The molecule has 0 aliphatic rings. The van der Waals surface area contributed by atoms with Crippen molar-refractivity contribution >= 4 is 0 Å². The summed E-state index contributed by atoms with van der Waals surface area (Å²) in [5.41, 5.74) is 2.34. The number of hydrogen-bond donors (Lipinski definition) is 2. The van der Waals surface area contributed by atoms with Crippen LogP contribution >= 0.6 is 0 Å². The fraction of sp³-hybridized carbons (Fsp3) is 0.750. The van der Waals surface area contributed by atoms with Gasteiger partial charge in [-0.2, -0.15) is 5.10 Å². The second-order valence-electron chi connectivity index (χ2n) is 4.29. The van der Waals surface area contributed by atoms with Gasteiger partial charge < -0.3 is 10.4 Å². The zero-order valence-corrected chi connectivity index (χ0v) is 10.5. The Labute approximate surface area is 97.7 Å². The van der Waals surface area contributed by atoms with E-state index < -0.39 is 0 Å². The summed E-state index contributed by atoms with van der Waals surface area (Å²) in [4.78, 5) is 0. The van der Waals surface area contributed by atoms with E-state index in [4.69, 9.17) is 0 Å². The van der Waals surface area contributed by atoms with Crippen LogP contribution in [0.15, 0.2) is 6.20 Å². The zero-order valence-electron chi connectivity index (χ0n) is 10.5. The summed E-state index contributed by atoms with van der Waals surface area (Å²) in [6, 6.07) is 0. The highest BCUT2D eigenvalue weighted by atomic mass is 16.3. The van der Waals surface area contributed by atoms with Crippen molar-refractivity contribution in [2.24, 2.45) is 7.05 Å². The van der Waals surface area contributed by atoms with Crippen LogP contribution in [0.1, 0.15) is 37.4 Å². The topological polar surface area (TPSA) is 50.1 Å². The average Bonchev–Trinajstić information content (AvgIpc) is 2.56. The third-order valence-electron chi connectivity index (χ3n) is 2.79.